The maximum absolute atomic E-state index is 12.1. The molecule has 0 saturated carbocycles. The number of thiophene rings is 1. The van der Waals surface area contributed by atoms with E-state index in [1.807, 2.05) is 35.2 Å². The van der Waals surface area contributed by atoms with E-state index < -0.39 is 0 Å². The summed E-state index contributed by atoms with van der Waals surface area (Å²) in [6, 6.07) is 11.2. The average Bonchev–Trinajstić information content (AvgIpc) is 3.41. The van der Waals surface area contributed by atoms with Crippen LogP contribution in [0.5, 0.6) is 0 Å². The highest BCUT2D eigenvalue weighted by Gasteiger charge is 2.22. The highest BCUT2D eigenvalue weighted by atomic mass is 35.5. The molecule has 1 saturated heterocycles. The Morgan fingerprint density at radius 1 is 1.30 bits per heavy atom. The maximum atomic E-state index is 12.1. The molecule has 2 N–H and O–H groups in total. The van der Waals surface area contributed by atoms with Crippen molar-refractivity contribution in [2.45, 2.75) is 18.9 Å². The zero-order chi connectivity index (χ0) is 18.8. The van der Waals surface area contributed by atoms with Crippen LogP contribution in [-0.4, -0.2) is 31.0 Å². The second-order valence-corrected chi connectivity index (χ2v) is 8.06. The summed E-state index contributed by atoms with van der Waals surface area (Å²) in [7, 11) is 0. The number of nitrogens with one attached hydrogen (secondary N) is 2. The third-order valence-electron chi connectivity index (χ3n) is 4.50. The SMILES string of the molecule is O=C(NCC1C=C(c2ccc(N3CCCC3=O)cc2)NO1)c1ccc(Cl)s1. The lowest BCUT2D eigenvalue weighted by Crippen LogP contribution is -2.31. The Bertz CT molecular complexity index is 894. The van der Waals surface area contributed by atoms with Crippen molar-refractivity contribution < 1.29 is 14.4 Å². The van der Waals surface area contributed by atoms with Gasteiger partial charge in [-0.05, 0) is 42.3 Å². The van der Waals surface area contributed by atoms with E-state index >= 15 is 0 Å². The number of halogens is 1. The highest BCUT2D eigenvalue weighted by molar-refractivity contribution is 7.17. The van der Waals surface area contributed by atoms with Crippen LogP contribution in [0, 0.1) is 0 Å². The molecule has 0 spiro atoms. The summed E-state index contributed by atoms with van der Waals surface area (Å²) in [4.78, 5) is 31.8. The van der Waals surface area contributed by atoms with E-state index in [-0.39, 0.29) is 17.9 Å². The lowest BCUT2D eigenvalue weighted by molar-refractivity contribution is -0.117. The number of anilines is 1. The first-order valence-electron chi connectivity index (χ1n) is 8.68. The molecule has 1 fully saturated rings. The Balaban J connectivity index is 1.36. The van der Waals surface area contributed by atoms with E-state index in [0.717, 1.165) is 29.9 Å². The number of nitrogens with zero attached hydrogens (tertiary/aromatic N) is 1. The Morgan fingerprint density at radius 2 is 2.11 bits per heavy atom. The van der Waals surface area contributed by atoms with Gasteiger partial charge in [0.05, 0.1) is 21.5 Å². The van der Waals surface area contributed by atoms with Gasteiger partial charge in [-0.1, -0.05) is 23.7 Å². The van der Waals surface area contributed by atoms with Crippen molar-refractivity contribution >= 4 is 46.1 Å². The summed E-state index contributed by atoms with van der Waals surface area (Å²) >= 11 is 7.09. The first-order valence-corrected chi connectivity index (χ1v) is 9.87. The van der Waals surface area contributed by atoms with Crippen LogP contribution < -0.4 is 15.7 Å². The number of benzene rings is 1. The number of amides is 2. The summed E-state index contributed by atoms with van der Waals surface area (Å²) in [6.45, 7) is 1.13. The minimum absolute atomic E-state index is 0.169. The normalized spacial score (nSPS) is 19.1. The van der Waals surface area contributed by atoms with Gasteiger partial charge in [-0.15, -0.1) is 11.3 Å². The summed E-state index contributed by atoms with van der Waals surface area (Å²) in [5.41, 5.74) is 5.62. The molecule has 3 heterocycles. The summed E-state index contributed by atoms with van der Waals surface area (Å²) in [5.74, 6) is 0.00380. The number of rotatable bonds is 5. The quantitative estimate of drug-likeness (QED) is 0.804. The molecule has 0 bridgehead atoms. The van der Waals surface area contributed by atoms with Gasteiger partial charge in [0.25, 0.3) is 5.91 Å². The third-order valence-corrected chi connectivity index (χ3v) is 5.73. The standard InChI is InChI=1S/C19H18ClN3O3S/c20-17-8-7-16(27-17)19(25)21-11-14-10-15(22-26-14)12-3-5-13(6-4-12)23-9-1-2-18(23)24/h3-8,10,14,22H,1-2,9,11H2,(H,21,25). The maximum Gasteiger partial charge on any atom is 0.261 e. The van der Waals surface area contributed by atoms with Crippen LogP contribution in [-0.2, 0) is 9.63 Å². The van der Waals surface area contributed by atoms with Crippen molar-refractivity contribution in [1.29, 1.82) is 0 Å². The molecule has 1 aromatic heterocycles. The average molecular weight is 404 g/mol. The van der Waals surface area contributed by atoms with Crippen molar-refractivity contribution in [2.75, 3.05) is 18.0 Å². The van der Waals surface area contributed by atoms with Crippen molar-refractivity contribution in [1.82, 2.24) is 10.8 Å². The van der Waals surface area contributed by atoms with E-state index in [0.29, 0.717) is 22.2 Å². The highest BCUT2D eigenvalue weighted by Crippen LogP contribution is 2.25. The molecule has 1 aromatic carbocycles. The molecule has 6 nitrogen and oxygen atoms in total. The van der Waals surface area contributed by atoms with Gasteiger partial charge in [-0.2, -0.15) is 0 Å². The molecule has 2 aliphatic rings. The van der Waals surface area contributed by atoms with Crippen LogP contribution in [0.15, 0.2) is 42.5 Å². The van der Waals surface area contributed by atoms with Crippen LogP contribution in [0.2, 0.25) is 4.34 Å². The fraction of sp³-hybridized carbons (Fsp3) is 0.263. The van der Waals surface area contributed by atoms with Crippen LogP contribution in [0.1, 0.15) is 28.1 Å². The monoisotopic (exact) mass is 403 g/mol. The minimum atomic E-state index is -0.265. The molecule has 2 amide bonds. The van der Waals surface area contributed by atoms with Crippen molar-refractivity contribution in [2.24, 2.45) is 0 Å². The van der Waals surface area contributed by atoms with Gasteiger partial charge < -0.3 is 10.2 Å². The van der Waals surface area contributed by atoms with Gasteiger partial charge in [0.1, 0.15) is 6.10 Å². The molecule has 8 heteroatoms. The van der Waals surface area contributed by atoms with Crippen LogP contribution in [0.4, 0.5) is 5.69 Å². The van der Waals surface area contributed by atoms with E-state index in [1.54, 1.807) is 12.1 Å². The first kappa shape index (κ1) is 18.0. The molecule has 1 atom stereocenters. The Labute approximate surface area is 165 Å². The molecule has 4 rings (SSSR count). The topological polar surface area (TPSA) is 70.7 Å². The second-order valence-electron chi connectivity index (χ2n) is 6.35. The predicted octanol–water partition coefficient (Wildman–Crippen LogP) is 3.20. The van der Waals surface area contributed by atoms with E-state index in [2.05, 4.69) is 10.8 Å². The lowest BCUT2D eigenvalue weighted by Gasteiger charge is -2.16. The van der Waals surface area contributed by atoms with Crippen molar-refractivity contribution in [3.8, 4) is 0 Å². The van der Waals surface area contributed by atoms with E-state index in [9.17, 15) is 9.59 Å². The molecular formula is C19H18ClN3O3S. The molecule has 27 heavy (non-hydrogen) atoms. The molecule has 2 aromatic rings. The molecule has 1 unspecified atom stereocenters. The number of hydroxylamine groups is 1. The number of hydrogen-bond acceptors (Lipinski definition) is 5. The number of carbonyl (C=O) groups excluding carboxylic acids is 2. The lowest BCUT2D eigenvalue weighted by atomic mass is 10.1. The Morgan fingerprint density at radius 3 is 2.78 bits per heavy atom. The number of carbonyl (C=O) groups is 2. The van der Waals surface area contributed by atoms with Gasteiger partial charge in [0.2, 0.25) is 5.91 Å². The first-order chi connectivity index (χ1) is 13.1. The van der Waals surface area contributed by atoms with Crippen LogP contribution >= 0.6 is 22.9 Å². The molecule has 2 aliphatic heterocycles. The smallest absolute Gasteiger partial charge is 0.261 e. The van der Waals surface area contributed by atoms with Crippen LogP contribution in [0.3, 0.4) is 0 Å². The van der Waals surface area contributed by atoms with Gasteiger partial charge in [0, 0.05) is 18.7 Å². The third kappa shape index (κ3) is 4.00. The second kappa shape index (κ2) is 7.72. The van der Waals surface area contributed by atoms with Gasteiger partial charge >= 0.3 is 0 Å². The largest absolute Gasteiger partial charge is 0.348 e. The molecule has 0 radical (unpaired) electrons. The van der Waals surface area contributed by atoms with Gasteiger partial charge in [-0.25, -0.2) is 0 Å². The van der Waals surface area contributed by atoms with Gasteiger partial charge in [-0.3, -0.25) is 19.9 Å². The fourth-order valence-corrected chi connectivity index (χ4v) is 4.07. The minimum Gasteiger partial charge on any atom is -0.348 e. The van der Waals surface area contributed by atoms with E-state index in [4.69, 9.17) is 16.4 Å². The molecular weight excluding hydrogens is 386 g/mol. The summed E-state index contributed by atoms with van der Waals surface area (Å²) < 4.78 is 0.584. The summed E-state index contributed by atoms with van der Waals surface area (Å²) in [6.07, 6.45) is 3.19. The van der Waals surface area contributed by atoms with E-state index in [1.165, 1.54) is 11.3 Å². The predicted molar refractivity (Wildman–Crippen MR) is 106 cm³/mol. The fourth-order valence-electron chi connectivity index (χ4n) is 3.11. The van der Waals surface area contributed by atoms with Crippen molar-refractivity contribution in [3.63, 3.8) is 0 Å². The molecule has 140 valence electrons. The summed E-state index contributed by atoms with van der Waals surface area (Å²) in [5, 5.41) is 2.84. The Kier molecular flexibility index (Phi) is 5.15. The van der Waals surface area contributed by atoms with Gasteiger partial charge in [0.15, 0.2) is 0 Å². The zero-order valence-corrected chi connectivity index (χ0v) is 16.0. The van der Waals surface area contributed by atoms with Crippen LogP contribution in [0.25, 0.3) is 5.70 Å². The zero-order valence-electron chi connectivity index (χ0n) is 14.4. The number of hydrogen-bond donors (Lipinski definition) is 2. The molecule has 0 aliphatic carbocycles. The Hall–Kier alpha value is -2.35. The van der Waals surface area contributed by atoms with Crippen molar-refractivity contribution in [3.05, 3.63) is 57.3 Å².